The van der Waals surface area contributed by atoms with Crippen LogP contribution >= 0.6 is 0 Å². The molecule has 0 spiro atoms. The number of aryl methyl sites for hydroxylation is 1. The van der Waals surface area contributed by atoms with Crippen molar-refractivity contribution in [3.8, 4) is 0 Å². The van der Waals surface area contributed by atoms with Crippen LogP contribution in [0.15, 0.2) is 30.6 Å². The van der Waals surface area contributed by atoms with E-state index in [1.807, 2.05) is 19.2 Å². The summed E-state index contributed by atoms with van der Waals surface area (Å²) in [6.07, 6.45) is 3.72. The Morgan fingerprint density at radius 1 is 1.37 bits per heavy atom. The largest absolute Gasteiger partial charge is 0.329 e. The van der Waals surface area contributed by atoms with Crippen LogP contribution in [0, 0.1) is 12.7 Å². The standard InChI is InChI=1S/C15H20FN3/c1-11(2)18-9-15-17-6-7-19(15)10-13-8-14(16)5-4-12(13)3/h4-8,11,18H,9-10H2,1-3H3. The summed E-state index contributed by atoms with van der Waals surface area (Å²) in [6, 6.07) is 5.32. The molecule has 4 heteroatoms. The minimum absolute atomic E-state index is 0.192. The van der Waals surface area contributed by atoms with Crippen molar-refractivity contribution in [2.45, 2.75) is 39.9 Å². The SMILES string of the molecule is Cc1ccc(F)cc1Cn1ccnc1CNC(C)C. The van der Waals surface area contributed by atoms with Crippen LogP contribution in [0.25, 0.3) is 0 Å². The molecule has 1 heterocycles. The fourth-order valence-corrected chi connectivity index (χ4v) is 1.94. The maximum Gasteiger partial charge on any atom is 0.123 e. The summed E-state index contributed by atoms with van der Waals surface area (Å²) in [4.78, 5) is 4.34. The number of imidazole rings is 1. The van der Waals surface area contributed by atoms with Gasteiger partial charge in [-0.25, -0.2) is 9.37 Å². The number of hydrogen-bond donors (Lipinski definition) is 1. The van der Waals surface area contributed by atoms with Crippen molar-refractivity contribution in [1.29, 1.82) is 0 Å². The van der Waals surface area contributed by atoms with Gasteiger partial charge in [0.05, 0.1) is 6.54 Å². The molecule has 0 unspecified atom stereocenters. The van der Waals surface area contributed by atoms with Gasteiger partial charge in [0.25, 0.3) is 0 Å². The first-order valence-electron chi connectivity index (χ1n) is 6.54. The van der Waals surface area contributed by atoms with Gasteiger partial charge in [0.15, 0.2) is 0 Å². The number of halogens is 1. The number of nitrogens with one attached hydrogen (secondary N) is 1. The number of hydrogen-bond acceptors (Lipinski definition) is 2. The first kappa shape index (κ1) is 13.7. The number of aromatic nitrogens is 2. The molecular formula is C15H20FN3. The average Bonchev–Trinajstić information content (AvgIpc) is 2.79. The van der Waals surface area contributed by atoms with E-state index in [4.69, 9.17) is 0 Å². The summed E-state index contributed by atoms with van der Waals surface area (Å²) < 4.78 is 15.3. The highest BCUT2D eigenvalue weighted by molar-refractivity contribution is 5.27. The van der Waals surface area contributed by atoms with Crippen LogP contribution in [0.2, 0.25) is 0 Å². The normalized spacial score (nSPS) is 11.2. The highest BCUT2D eigenvalue weighted by Crippen LogP contribution is 2.13. The van der Waals surface area contributed by atoms with Crippen molar-refractivity contribution in [3.63, 3.8) is 0 Å². The molecule has 0 aliphatic heterocycles. The smallest absolute Gasteiger partial charge is 0.123 e. The lowest BCUT2D eigenvalue weighted by Crippen LogP contribution is -2.24. The molecule has 1 aromatic heterocycles. The van der Waals surface area contributed by atoms with Crippen molar-refractivity contribution in [3.05, 3.63) is 53.4 Å². The maximum absolute atomic E-state index is 13.3. The molecule has 0 bridgehead atoms. The summed E-state index contributed by atoms with van der Waals surface area (Å²) in [6.45, 7) is 7.57. The van der Waals surface area contributed by atoms with Crippen LogP contribution in [-0.4, -0.2) is 15.6 Å². The molecule has 0 aliphatic rings. The second kappa shape index (κ2) is 5.97. The lowest BCUT2D eigenvalue weighted by atomic mass is 10.1. The first-order chi connectivity index (χ1) is 9.06. The van der Waals surface area contributed by atoms with Crippen LogP contribution < -0.4 is 5.32 Å². The molecule has 0 amide bonds. The second-order valence-electron chi connectivity index (χ2n) is 5.08. The summed E-state index contributed by atoms with van der Waals surface area (Å²) in [7, 11) is 0. The Hall–Kier alpha value is -1.68. The second-order valence-corrected chi connectivity index (χ2v) is 5.08. The van der Waals surface area contributed by atoms with E-state index in [2.05, 4.69) is 28.7 Å². The highest BCUT2D eigenvalue weighted by Gasteiger charge is 2.06. The zero-order chi connectivity index (χ0) is 13.8. The molecule has 0 atom stereocenters. The molecule has 1 N–H and O–H groups in total. The molecule has 2 rings (SSSR count). The van der Waals surface area contributed by atoms with Crippen LogP contribution in [0.3, 0.4) is 0 Å². The van der Waals surface area contributed by atoms with Gasteiger partial charge in [0, 0.05) is 25.0 Å². The molecule has 0 saturated carbocycles. The van der Waals surface area contributed by atoms with E-state index in [0.717, 1.165) is 23.5 Å². The van der Waals surface area contributed by atoms with Gasteiger partial charge in [-0.05, 0) is 30.2 Å². The maximum atomic E-state index is 13.3. The van der Waals surface area contributed by atoms with Crippen LogP contribution in [0.1, 0.15) is 30.8 Å². The van der Waals surface area contributed by atoms with Crippen molar-refractivity contribution < 1.29 is 4.39 Å². The van der Waals surface area contributed by atoms with Gasteiger partial charge in [0.1, 0.15) is 11.6 Å². The van der Waals surface area contributed by atoms with E-state index in [1.165, 1.54) is 6.07 Å². The fourth-order valence-electron chi connectivity index (χ4n) is 1.94. The quantitative estimate of drug-likeness (QED) is 0.897. The topological polar surface area (TPSA) is 29.9 Å². The molecule has 0 saturated heterocycles. The molecule has 102 valence electrons. The van der Waals surface area contributed by atoms with Crippen molar-refractivity contribution in [2.75, 3.05) is 0 Å². The molecule has 1 aromatic carbocycles. The van der Waals surface area contributed by atoms with Gasteiger partial charge in [-0.2, -0.15) is 0 Å². The summed E-state index contributed by atoms with van der Waals surface area (Å²) in [5, 5.41) is 3.34. The van der Waals surface area contributed by atoms with Crippen LogP contribution in [0.4, 0.5) is 4.39 Å². The van der Waals surface area contributed by atoms with E-state index in [9.17, 15) is 4.39 Å². The first-order valence-corrected chi connectivity index (χ1v) is 6.54. The Morgan fingerprint density at radius 3 is 2.89 bits per heavy atom. The summed E-state index contributed by atoms with van der Waals surface area (Å²) in [5.41, 5.74) is 2.08. The van der Waals surface area contributed by atoms with Gasteiger partial charge >= 0.3 is 0 Å². The third-order valence-corrected chi connectivity index (χ3v) is 3.12. The van der Waals surface area contributed by atoms with E-state index in [0.29, 0.717) is 12.6 Å². The Morgan fingerprint density at radius 2 is 2.16 bits per heavy atom. The third kappa shape index (κ3) is 3.64. The van der Waals surface area contributed by atoms with Crippen molar-refractivity contribution in [2.24, 2.45) is 0 Å². The van der Waals surface area contributed by atoms with Crippen molar-refractivity contribution >= 4 is 0 Å². The van der Waals surface area contributed by atoms with Gasteiger partial charge < -0.3 is 9.88 Å². The molecule has 2 aromatic rings. The molecular weight excluding hydrogens is 241 g/mol. The molecule has 19 heavy (non-hydrogen) atoms. The zero-order valence-corrected chi connectivity index (χ0v) is 11.7. The molecule has 3 nitrogen and oxygen atoms in total. The average molecular weight is 261 g/mol. The van der Waals surface area contributed by atoms with E-state index in [1.54, 1.807) is 12.3 Å². The zero-order valence-electron chi connectivity index (χ0n) is 11.7. The van der Waals surface area contributed by atoms with Gasteiger partial charge in [-0.1, -0.05) is 19.9 Å². The Bertz CT molecular complexity index is 546. The lowest BCUT2D eigenvalue weighted by Gasteiger charge is -2.12. The van der Waals surface area contributed by atoms with E-state index >= 15 is 0 Å². The predicted molar refractivity (Wildman–Crippen MR) is 74.4 cm³/mol. The van der Waals surface area contributed by atoms with Gasteiger partial charge in [-0.15, -0.1) is 0 Å². The number of nitrogens with zero attached hydrogens (tertiary/aromatic N) is 2. The Balaban J connectivity index is 2.15. The predicted octanol–water partition coefficient (Wildman–Crippen LogP) is 2.88. The monoisotopic (exact) mass is 261 g/mol. The fraction of sp³-hybridized carbons (Fsp3) is 0.400. The number of benzene rings is 1. The summed E-state index contributed by atoms with van der Waals surface area (Å²) >= 11 is 0. The van der Waals surface area contributed by atoms with Crippen molar-refractivity contribution in [1.82, 2.24) is 14.9 Å². The minimum Gasteiger partial charge on any atom is -0.329 e. The van der Waals surface area contributed by atoms with E-state index in [-0.39, 0.29) is 5.82 Å². The highest BCUT2D eigenvalue weighted by atomic mass is 19.1. The summed E-state index contributed by atoms with van der Waals surface area (Å²) in [5.74, 6) is 0.778. The third-order valence-electron chi connectivity index (χ3n) is 3.12. The molecule has 0 aliphatic carbocycles. The van der Waals surface area contributed by atoms with Gasteiger partial charge in [-0.3, -0.25) is 0 Å². The number of rotatable bonds is 5. The molecule has 0 radical (unpaired) electrons. The van der Waals surface area contributed by atoms with Crippen LogP contribution in [-0.2, 0) is 13.1 Å². The Labute approximate surface area is 113 Å². The lowest BCUT2D eigenvalue weighted by molar-refractivity contribution is 0.553. The van der Waals surface area contributed by atoms with E-state index < -0.39 is 0 Å². The Kier molecular flexibility index (Phi) is 4.32. The molecule has 0 fully saturated rings. The minimum atomic E-state index is -0.192. The van der Waals surface area contributed by atoms with Crippen LogP contribution in [0.5, 0.6) is 0 Å². The van der Waals surface area contributed by atoms with Gasteiger partial charge in [0.2, 0.25) is 0 Å².